The first-order valence-corrected chi connectivity index (χ1v) is 14.1. The van der Waals surface area contributed by atoms with E-state index in [2.05, 4.69) is 34.8 Å². The van der Waals surface area contributed by atoms with Gasteiger partial charge < -0.3 is 24.8 Å². The Labute approximate surface area is 234 Å². The molecule has 2 fully saturated rings. The van der Waals surface area contributed by atoms with Crippen LogP contribution in [0, 0.1) is 11.3 Å². The molecule has 1 unspecified atom stereocenters. The predicted octanol–water partition coefficient (Wildman–Crippen LogP) is 2.45. The molecule has 2 aromatic rings. The number of fused-ring (bicyclic) bond motifs is 3. The zero-order valence-corrected chi connectivity index (χ0v) is 22.9. The lowest BCUT2D eigenvalue weighted by atomic mass is 9.69. The molecule has 6 rings (SSSR count). The van der Waals surface area contributed by atoms with E-state index in [1.165, 1.54) is 6.08 Å². The van der Waals surface area contributed by atoms with Crippen molar-refractivity contribution >= 4 is 23.3 Å². The quantitative estimate of drug-likeness (QED) is 0.555. The number of hydrogen-bond donors (Lipinski definition) is 1. The highest BCUT2D eigenvalue weighted by Gasteiger charge is 2.49. The van der Waals surface area contributed by atoms with E-state index in [1.54, 1.807) is 4.90 Å². The van der Waals surface area contributed by atoms with Crippen molar-refractivity contribution in [2.24, 2.45) is 0 Å². The third kappa shape index (κ3) is 4.48. The Morgan fingerprint density at radius 1 is 1.27 bits per heavy atom. The van der Waals surface area contributed by atoms with Gasteiger partial charge in [0, 0.05) is 43.3 Å². The molecule has 0 bridgehead atoms. The zero-order valence-electron chi connectivity index (χ0n) is 22.9. The summed E-state index contributed by atoms with van der Waals surface area (Å²) in [5.41, 5.74) is 3.07. The molecule has 1 spiro atoms. The van der Waals surface area contributed by atoms with Crippen LogP contribution in [-0.4, -0.2) is 83.5 Å². The number of carbonyl (C=O) groups is 2. The lowest BCUT2D eigenvalue weighted by molar-refractivity contribution is -0.128. The topological polar surface area (TPSA) is 115 Å². The largest absolute Gasteiger partial charge is 0.462 e. The summed E-state index contributed by atoms with van der Waals surface area (Å²) in [4.78, 5) is 41.9. The molecule has 2 saturated heterocycles. The fourth-order valence-corrected chi connectivity index (χ4v) is 6.83. The molecule has 1 aliphatic carbocycles. The average Bonchev–Trinajstić information content (AvgIpc) is 3.50. The number of amides is 2. The second-order valence-corrected chi connectivity index (χ2v) is 11.3. The van der Waals surface area contributed by atoms with E-state index < -0.39 is 5.41 Å². The van der Waals surface area contributed by atoms with Gasteiger partial charge in [-0.05, 0) is 57.0 Å². The molecule has 10 heteroatoms. The van der Waals surface area contributed by atoms with Crippen LogP contribution < -0.4 is 15.0 Å². The van der Waals surface area contributed by atoms with Crippen molar-refractivity contribution in [2.75, 3.05) is 50.1 Å². The van der Waals surface area contributed by atoms with E-state index in [9.17, 15) is 14.9 Å². The molecule has 0 saturated carbocycles. The molecule has 0 radical (unpaired) electrons. The summed E-state index contributed by atoms with van der Waals surface area (Å²) in [6.45, 7) is 6.71. The van der Waals surface area contributed by atoms with E-state index in [0.717, 1.165) is 47.7 Å². The SMILES string of the molecule is C=CC(=O)N1CCN(c2nc(OC[C@@H]3CCCN3C)nc3c2CCC2(C3)C(=O)Nc3ccccc32)C[C@@H]1CC#N. The van der Waals surface area contributed by atoms with E-state index in [4.69, 9.17) is 14.7 Å². The fourth-order valence-electron chi connectivity index (χ4n) is 6.83. The van der Waals surface area contributed by atoms with Gasteiger partial charge in [-0.2, -0.15) is 15.2 Å². The number of benzene rings is 1. The van der Waals surface area contributed by atoms with E-state index >= 15 is 0 Å². The van der Waals surface area contributed by atoms with Gasteiger partial charge in [-0.3, -0.25) is 9.59 Å². The number of rotatable bonds is 6. The first-order chi connectivity index (χ1) is 19.4. The minimum absolute atomic E-state index is 0.0141. The Bertz CT molecular complexity index is 1390. The number of aromatic nitrogens is 2. The van der Waals surface area contributed by atoms with Crippen LogP contribution in [-0.2, 0) is 27.8 Å². The second-order valence-electron chi connectivity index (χ2n) is 11.3. The van der Waals surface area contributed by atoms with Crippen molar-refractivity contribution in [1.29, 1.82) is 5.26 Å². The second kappa shape index (κ2) is 10.5. The number of nitriles is 1. The number of nitrogens with one attached hydrogen (secondary N) is 1. The van der Waals surface area contributed by atoms with Crippen molar-refractivity contribution in [3.05, 3.63) is 53.7 Å². The molecular formula is C30H35N7O3. The van der Waals surface area contributed by atoms with Crippen molar-refractivity contribution in [2.45, 2.75) is 56.0 Å². The number of para-hydroxylation sites is 1. The van der Waals surface area contributed by atoms with Crippen LogP contribution in [0.3, 0.4) is 0 Å². The third-order valence-electron chi connectivity index (χ3n) is 9.09. The van der Waals surface area contributed by atoms with Crippen molar-refractivity contribution in [3.8, 4) is 12.1 Å². The lowest BCUT2D eigenvalue weighted by Gasteiger charge is -2.42. The van der Waals surface area contributed by atoms with Crippen LogP contribution >= 0.6 is 0 Å². The summed E-state index contributed by atoms with van der Waals surface area (Å²) in [6.07, 6.45) is 5.52. The highest BCUT2D eigenvalue weighted by atomic mass is 16.5. The van der Waals surface area contributed by atoms with Gasteiger partial charge in [0.2, 0.25) is 11.8 Å². The number of ether oxygens (including phenoxy) is 1. The monoisotopic (exact) mass is 541 g/mol. The smallest absolute Gasteiger partial charge is 0.318 e. The number of hydrogen-bond acceptors (Lipinski definition) is 8. The molecular weight excluding hydrogens is 506 g/mol. The Kier molecular flexibility index (Phi) is 6.92. The highest BCUT2D eigenvalue weighted by Crippen LogP contribution is 2.47. The van der Waals surface area contributed by atoms with Gasteiger partial charge in [-0.25, -0.2) is 0 Å². The lowest BCUT2D eigenvalue weighted by Crippen LogP contribution is -2.55. The fraction of sp³-hybridized carbons (Fsp3) is 0.500. The van der Waals surface area contributed by atoms with Gasteiger partial charge in [-0.15, -0.1) is 0 Å². The first kappa shape index (κ1) is 26.3. The summed E-state index contributed by atoms with van der Waals surface area (Å²) >= 11 is 0. The van der Waals surface area contributed by atoms with Gasteiger partial charge in [0.25, 0.3) is 0 Å². The molecule has 208 valence electrons. The highest BCUT2D eigenvalue weighted by molar-refractivity contribution is 6.06. The van der Waals surface area contributed by atoms with Crippen LogP contribution in [0.5, 0.6) is 6.01 Å². The van der Waals surface area contributed by atoms with Gasteiger partial charge >= 0.3 is 6.01 Å². The maximum Gasteiger partial charge on any atom is 0.318 e. The standard InChI is InChI=1S/C30H35N7O3/c1-3-26(38)37-16-15-36(18-20(37)11-13-31)27-22-10-12-30(23-8-4-5-9-24(23)32-28(30)39)17-25(22)33-29(34-27)40-19-21-7-6-14-35(21)2/h3-5,8-9,20-21H,1,6-7,10-12,14-19H2,2H3,(H,32,39)/t20-,21-,30?/m0/s1. The number of likely N-dealkylation sites (tertiary alicyclic amines) is 1. The molecule has 3 aliphatic heterocycles. The molecule has 2 amide bonds. The summed E-state index contributed by atoms with van der Waals surface area (Å²) in [5.74, 6) is 0.636. The molecule has 4 heterocycles. The van der Waals surface area contributed by atoms with Crippen LogP contribution in [0.25, 0.3) is 0 Å². The number of piperazine rings is 1. The van der Waals surface area contributed by atoms with Gasteiger partial charge in [-0.1, -0.05) is 24.8 Å². The molecule has 1 aromatic heterocycles. The number of anilines is 2. The number of likely N-dealkylation sites (N-methyl/N-ethyl adjacent to an activating group) is 1. The minimum Gasteiger partial charge on any atom is -0.462 e. The Morgan fingerprint density at radius 2 is 2.12 bits per heavy atom. The molecule has 4 aliphatic rings. The average molecular weight is 542 g/mol. The molecule has 3 atom stereocenters. The minimum atomic E-state index is -0.670. The Hall–Kier alpha value is -3.97. The maximum absolute atomic E-state index is 13.4. The maximum atomic E-state index is 13.4. The summed E-state index contributed by atoms with van der Waals surface area (Å²) in [5, 5.41) is 12.6. The van der Waals surface area contributed by atoms with Gasteiger partial charge in [0.15, 0.2) is 0 Å². The summed E-state index contributed by atoms with van der Waals surface area (Å²) < 4.78 is 6.24. The molecule has 40 heavy (non-hydrogen) atoms. The predicted molar refractivity (Wildman–Crippen MR) is 150 cm³/mol. The summed E-state index contributed by atoms with van der Waals surface area (Å²) in [7, 11) is 2.11. The first-order valence-electron chi connectivity index (χ1n) is 14.1. The molecule has 1 N–H and O–H groups in total. The van der Waals surface area contributed by atoms with Crippen molar-refractivity contribution < 1.29 is 14.3 Å². The van der Waals surface area contributed by atoms with Crippen LogP contribution in [0.4, 0.5) is 11.5 Å². The van der Waals surface area contributed by atoms with Crippen molar-refractivity contribution in [3.63, 3.8) is 0 Å². The molecule has 10 nitrogen and oxygen atoms in total. The van der Waals surface area contributed by atoms with Crippen molar-refractivity contribution in [1.82, 2.24) is 19.8 Å². The number of carbonyl (C=O) groups excluding carboxylic acids is 2. The van der Waals surface area contributed by atoms with Crippen LogP contribution in [0.2, 0.25) is 0 Å². The summed E-state index contributed by atoms with van der Waals surface area (Å²) in [6, 6.07) is 10.5. The van der Waals surface area contributed by atoms with E-state index in [0.29, 0.717) is 57.6 Å². The number of nitrogens with zero attached hydrogens (tertiary/aromatic N) is 6. The van der Waals surface area contributed by atoms with Crippen LogP contribution in [0.1, 0.15) is 42.5 Å². The van der Waals surface area contributed by atoms with Gasteiger partial charge in [0.1, 0.15) is 12.4 Å². The Morgan fingerprint density at radius 3 is 2.90 bits per heavy atom. The van der Waals surface area contributed by atoms with Crippen LogP contribution in [0.15, 0.2) is 36.9 Å². The van der Waals surface area contributed by atoms with E-state index in [1.807, 2.05) is 24.3 Å². The molecule has 1 aromatic carbocycles. The van der Waals surface area contributed by atoms with E-state index in [-0.39, 0.29) is 24.3 Å². The zero-order chi connectivity index (χ0) is 27.9. The normalized spacial score (nSPS) is 25.8. The van der Waals surface area contributed by atoms with Gasteiger partial charge in [0.05, 0.1) is 29.6 Å². The third-order valence-corrected chi connectivity index (χ3v) is 9.09. The Balaban J connectivity index is 1.35.